The Bertz CT molecular complexity index is 800. The first-order valence-electron chi connectivity index (χ1n) is 5.57. The zero-order valence-corrected chi connectivity index (χ0v) is 9.87. The van der Waals surface area contributed by atoms with Crippen LogP contribution in [0.2, 0.25) is 0 Å². The highest BCUT2D eigenvalue weighted by atomic mass is 19.2. The smallest absolute Gasteiger partial charge is 0.206 e. The minimum absolute atomic E-state index is 0.142. The minimum atomic E-state index is -1.53. The average Bonchev–Trinajstić information content (AvgIpc) is 2.74. The summed E-state index contributed by atoms with van der Waals surface area (Å²) in [6, 6.07) is 6.43. The van der Waals surface area contributed by atoms with Gasteiger partial charge in [0.1, 0.15) is 5.69 Å². The Balaban J connectivity index is 2.46. The summed E-state index contributed by atoms with van der Waals surface area (Å²) >= 11 is 0. The molecule has 0 bridgehead atoms. The number of nitrogens with two attached hydrogens (primary N) is 1. The van der Waals surface area contributed by atoms with E-state index in [0.717, 1.165) is 4.57 Å². The molecule has 1 heterocycles. The summed E-state index contributed by atoms with van der Waals surface area (Å²) < 4.78 is 55.1. The predicted octanol–water partition coefficient (Wildman–Crippen LogP) is 3.16. The number of benzene rings is 2. The van der Waals surface area contributed by atoms with Crippen LogP contribution in [0, 0.1) is 23.3 Å². The van der Waals surface area contributed by atoms with Crippen LogP contribution in [-0.4, -0.2) is 9.55 Å². The molecule has 3 rings (SSSR count). The van der Waals surface area contributed by atoms with Crippen LogP contribution in [0.1, 0.15) is 0 Å². The van der Waals surface area contributed by atoms with Gasteiger partial charge in [-0.1, -0.05) is 12.1 Å². The van der Waals surface area contributed by atoms with Crippen molar-refractivity contribution in [2.24, 2.45) is 0 Å². The van der Waals surface area contributed by atoms with Crippen molar-refractivity contribution in [1.82, 2.24) is 9.55 Å². The molecule has 0 aliphatic heterocycles. The van der Waals surface area contributed by atoms with Crippen LogP contribution in [0.25, 0.3) is 16.7 Å². The van der Waals surface area contributed by atoms with Crippen molar-refractivity contribution < 1.29 is 17.6 Å². The van der Waals surface area contributed by atoms with Crippen LogP contribution in [-0.2, 0) is 0 Å². The zero-order chi connectivity index (χ0) is 14.4. The van der Waals surface area contributed by atoms with Gasteiger partial charge in [0, 0.05) is 6.07 Å². The number of fused-ring (bicyclic) bond motifs is 1. The first-order valence-corrected chi connectivity index (χ1v) is 5.57. The molecule has 0 atom stereocenters. The number of nitrogens with zero attached hydrogens (tertiary/aromatic N) is 2. The maximum Gasteiger partial charge on any atom is 0.206 e. The Morgan fingerprint density at radius 2 is 1.55 bits per heavy atom. The van der Waals surface area contributed by atoms with E-state index in [0.29, 0.717) is 5.52 Å². The molecule has 3 nitrogen and oxygen atoms in total. The van der Waals surface area contributed by atoms with E-state index < -0.39 is 29.0 Å². The van der Waals surface area contributed by atoms with Gasteiger partial charge in [0.25, 0.3) is 0 Å². The molecule has 0 fully saturated rings. The van der Waals surface area contributed by atoms with E-state index in [1.807, 2.05) is 0 Å². The molecule has 7 heteroatoms. The van der Waals surface area contributed by atoms with Crippen LogP contribution in [0.5, 0.6) is 0 Å². The number of nitrogen functional groups attached to an aromatic ring is 1. The molecule has 0 unspecified atom stereocenters. The second-order valence-electron chi connectivity index (χ2n) is 4.11. The number of para-hydroxylation sites is 2. The number of aromatic nitrogens is 2. The third kappa shape index (κ3) is 1.63. The summed E-state index contributed by atoms with van der Waals surface area (Å²) in [5.41, 5.74) is 5.27. The Labute approximate surface area is 110 Å². The van der Waals surface area contributed by atoms with Gasteiger partial charge in [-0.15, -0.1) is 0 Å². The number of hydrogen-bond donors (Lipinski definition) is 1. The fourth-order valence-electron chi connectivity index (χ4n) is 2.04. The highest BCUT2D eigenvalue weighted by molar-refractivity contribution is 5.80. The molecule has 0 radical (unpaired) electrons. The molecule has 0 aliphatic carbocycles. The summed E-state index contributed by atoms with van der Waals surface area (Å²) in [6.07, 6.45) is 0. The van der Waals surface area contributed by atoms with E-state index in [1.165, 1.54) is 6.07 Å². The first-order chi connectivity index (χ1) is 9.50. The fourth-order valence-corrected chi connectivity index (χ4v) is 2.04. The highest BCUT2D eigenvalue weighted by Gasteiger charge is 2.23. The molecule has 3 aromatic rings. The van der Waals surface area contributed by atoms with Crippen molar-refractivity contribution in [3.63, 3.8) is 0 Å². The molecule has 20 heavy (non-hydrogen) atoms. The van der Waals surface area contributed by atoms with Crippen molar-refractivity contribution in [3.8, 4) is 5.69 Å². The molecule has 0 aliphatic rings. The zero-order valence-electron chi connectivity index (χ0n) is 9.87. The molecule has 0 saturated carbocycles. The maximum atomic E-state index is 13.8. The van der Waals surface area contributed by atoms with Crippen molar-refractivity contribution in [2.75, 3.05) is 5.73 Å². The lowest BCUT2D eigenvalue weighted by molar-refractivity contribution is 0.449. The lowest BCUT2D eigenvalue weighted by Crippen LogP contribution is -2.09. The molecule has 0 spiro atoms. The van der Waals surface area contributed by atoms with E-state index in [9.17, 15) is 17.6 Å². The lowest BCUT2D eigenvalue weighted by atomic mass is 10.2. The average molecular weight is 281 g/mol. The predicted molar refractivity (Wildman–Crippen MR) is 65.3 cm³/mol. The van der Waals surface area contributed by atoms with Gasteiger partial charge in [-0.3, -0.25) is 4.57 Å². The van der Waals surface area contributed by atoms with Crippen LogP contribution in [0.4, 0.5) is 23.5 Å². The van der Waals surface area contributed by atoms with Crippen molar-refractivity contribution in [2.45, 2.75) is 0 Å². The van der Waals surface area contributed by atoms with Gasteiger partial charge in [-0.05, 0) is 12.1 Å². The topological polar surface area (TPSA) is 43.8 Å². The Morgan fingerprint density at radius 3 is 2.20 bits per heavy atom. The van der Waals surface area contributed by atoms with Gasteiger partial charge >= 0.3 is 0 Å². The first kappa shape index (κ1) is 12.5. The van der Waals surface area contributed by atoms with Crippen LogP contribution in [0.3, 0.4) is 0 Å². The Hall–Kier alpha value is -2.57. The van der Waals surface area contributed by atoms with E-state index in [1.54, 1.807) is 18.2 Å². The summed E-state index contributed by atoms with van der Waals surface area (Å²) in [4.78, 5) is 3.89. The Kier molecular flexibility index (Phi) is 2.63. The molecular weight excluding hydrogens is 274 g/mol. The largest absolute Gasteiger partial charge is 0.369 e. The van der Waals surface area contributed by atoms with Gasteiger partial charge < -0.3 is 5.73 Å². The maximum absolute atomic E-state index is 13.8. The summed E-state index contributed by atoms with van der Waals surface area (Å²) in [7, 11) is 0. The van der Waals surface area contributed by atoms with Gasteiger partial charge in [-0.2, -0.15) is 0 Å². The Morgan fingerprint density at radius 1 is 0.950 bits per heavy atom. The van der Waals surface area contributed by atoms with E-state index in [4.69, 9.17) is 5.73 Å². The molecule has 2 N–H and O–H groups in total. The highest BCUT2D eigenvalue weighted by Crippen LogP contribution is 2.29. The second kappa shape index (κ2) is 4.22. The fraction of sp³-hybridized carbons (Fsp3) is 0. The van der Waals surface area contributed by atoms with Crippen LogP contribution in [0.15, 0.2) is 30.3 Å². The SMILES string of the molecule is Nc1nc2ccccc2n1-c1c(F)c(F)cc(F)c1F. The molecule has 2 aromatic carbocycles. The number of rotatable bonds is 1. The van der Waals surface area contributed by atoms with Gasteiger partial charge in [-0.25, -0.2) is 22.5 Å². The minimum Gasteiger partial charge on any atom is -0.369 e. The second-order valence-corrected chi connectivity index (χ2v) is 4.11. The number of hydrogen-bond acceptors (Lipinski definition) is 2. The summed E-state index contributed by atoms with van der Waals surface area (Å²) in [6.45, 7) is 0. The van der Waals surface area contributed by atoms with Crippen molar-refractivity contribution >= 4 is 17.0 Å². The normalized spacial score (nSPS) is 11.2. The monoisotopic (exact) mass is 281 g/mol. The molecule has 102 valence electrons. The third-order valence-electron chi connectivity index (χ3n) is 2.90. The van der Waals surface area contributed by atoms with Crippen LogP contribution < -0.4 is 5.73 Å². The molecular formula is C13H7F4N3. The number of imidazole rings is 1. The van der Waals surface area contributed by atoms with E-state index in [2.05, 4.69) is 4.98 Å². The van der Waals surface area contributed by atoms with Gasteiger partial charge in [0.15, 0.2) is 23.3 Å². The molecule has 0 amide bonds. The van der Waals surface area contributed by atoms with E-state index >= 15 is 0 Å². The standard InChI is InChI=1S/C13H7F4N3/c14-6-5-7(15)11(17)12(10(6)16)20-9-4-2-1-3-8(9)19-13(20)18/h1-5H,(H2,18,19). The summed E-state index contributed by atoms with van der Waals surface area (Å²) in [5, 5.41) is 0. The number of anilines is 1. The van der Waals surface area contributed by atoms with Gasteiger partial charge in [0.05, 0.1) is 11.0 Å². The quantitative estimate of drug-likeness (QED) is 0.550. The third-order valence-corrected chi connectivity index (χ3v) is 2.90. The molecule has 0 saturated heterocycles. The number of halogens is 4. The lowest BCUT2D eigenvalue weighted by Gasteiger charge is -2.10. The van der Waals surface area contributed by atoms with E-state index in [-0.39, 0.29) is 17.5 Å². The van der Waals surface area contributed by atoms with Crippen LogP contribution >= 0.6 is 0 Å². The van der Waals surface area contributed by atoms with Gasteiger partial charge in [0.2, 0.25) is 5.95 Å². The van der Waals surface area contributed by atoms with Crippen molar-refractivity contribution in [3.05, 3.63) is 53.6 Å². The summed E-state index contributed by atoms with van der Waals surface area (Å²) in [5.74, 6) is -6.33. The van der Waals surface area contributed by atoms with Crippen molar-refractivity contribution in [1.29, 1.82) is 0 Å². The molecule has 1 aromatic heterocycles.